The van der Waals surface area contributed by atoms with E-state index >= 15 is 0 Å². The van der Waals surface area contributed by atoms with Gasteiger partial charge in [-0.25, -0.2) is 0 Å². The Morgan fingerprint density at radius 1 is 0.366 bits per heavy atom. The molecule has 11 aromatic rings. The predicted octanol–water partition coefficient (Wildman–Crippen LogP) is 17.5. The molecular weight excluding hydrogens is 857 g/mol. The van der Waals surface area contributed by atoms with Gasteiger partial charge < -0.3 is 9.47 Å². The number of hydrogen-bond donors (Lipinski definition) is 0. The van der Waals surface area contributed by atoms with Crippen LogP contribution in [0.3, 0.4) is 0 Å². The maximum absolute atomic E-state index is 2.69. The molecule has 1 aromatic heterocycles. The fourth-order valence-corrected chi connectivity index (χ4v) is 15.4. The molecule has 4 saturated carbocycles. The van der Waals surface area contributed by atoms with E-state index < -0.39 is 5.41 Å². The van der Waals surface area contributed by atoms with Crippen LogP contribution < -0.4 is 4.90 Å². The van der Waals surface area contributed by atoms with E-state index in [4.69, 9.17) is 0 Å². The highest BCUT2D eigenvalue weighted by atomic mass is 15.1. The lowest BCUT2D eigenvalue weighted by molar-refractivity contribution is -0.0440. The van der Waals surface area contributed by atoms with Crippen LogP contribution in [-0.2, 0) is 10.8 Å². The predicted molar refractivity (Wildman–Crippen MR) is 295 cm³/mol. The summed E-state index contributed by atoms with van der Waals surface area (Å²) in [6.07, 6.45) is 6.71. The lowest BCUT2D eigenvalue weighted by Crippen LogP contribution is -2.59. The van der Waals surface area contributed by atoms with E-state index in [1.165, 1.54) is 115 Å². The average Bonchev–Trinajstić information content (AvgIpc) is 3.77. The third-order valence-electron chi connectivity index (χ3n) is 17.9. The van der Waals surface area contributed by atoms with E-state index in [2.05, 4.69) is 252 Å². The highest BCUT2D eigenvalue weighted by Crippen LogP contribution is 2.70. The zero-order valence-corrected chi connectivity index (χ0v) is 39.8. The van der Waals surface area contributed by atoms with Gasteiger partial charge in [-0.1, -0.05) is 188 Å². The van der Waals surface area contributed by atoms with Crippen molar-refractivity contribution in [2.24, 2.45) is 23.7 Å². The van der Waals surface area contributed by atoms with Crippen molar-refractivity contribution in [1.82, 2.24) is 4.57 Å². The first-order valence-corrected chi connectivity index (χ1v) is 26.0. The summed E-state index contributed by atoms with van der Waals surface area (Å²) in [7, 11) is 0. The van der Waals surface area contributed by atoms with E-state index in [9.17, 15) is 0 Å². The lowest BCUT2D eigenvalue weighted by atomic mass is 9.38. The highest BCUT2D eigenvalue weighted by Gasteiger charge is 2.63. The number of hydrogen-bond acceptors (Lipinski definition) is 1. The van der Waals surface area contributed by atoms with Crippen LogP contribution >= 0.6 is 0 Å². The third-order valence-corrected chi connectivity index (χ3v) is 17.9. The minimum atomic E-state index is -0.490. The number of para-hydroxylation sites is 2. The maximum Gasteiger partial charge on any atom is 0.0707 e. The van der Waals surface area contributed by atoms with Gasteiger partial charge in [-0.2, -0.15) is 0 Å². The summed E-state index contributed by atoms with van der Waals surface area (Å²) in [6.45, 7) is 0. The second kappa shape index (κ2) is 15.8. The first-order valence-electron chi connectivity index (χ1n) is 26.0. The van der Waals surface area contributed by atoms with E-state index in [1.54, 1.807) is 11.1 Å². The third kappa shape index (κ3) is 5.88. The zero-order chi connectivity index (χ0) is 46.7. The van der Waals surface area contributed by atoms with E-state index in [1.807, 2.05) is 0 Å². The van der Waals surface area contributed by atoms with Gasteiger partial charge in [0.05, 0.1) is 22.1 Å². The van der Waals surface area contributed by atoms with Gasteiger partial charge in [-0.05, 0) is 160 Å². The number of rotatable bonds is 7. The molecule has 1 spiro atoms. The fourth-order valence-electron chi connectivity index (χ4n) is 15.4. The van der Waals surface area contributed by atoms with Gasteiger partial charge in [0.15, 0.2) is 0 Å². The molecule has 0 aliphatic heterocycles. The molecule has 10 aromatic carbocycles. The second-order valence-corrected chi connectivity index (χ2v) is 21.2. The van der Waals surface area contributed by atoms with Crippen LogP contribution in [0.5, 0.6) is 0 Å². The Kier molecular flexibility index (Phi) is 9.09. The number of benzene rings is 10. The summed E-state index contributed by atoms with van der Waals surface area (Å²) >= 11 is 0. The lowest BCUT2D eigenvalue weighted by Gasteiger charge is -2.65. The van der Waals surface area contributed by atoms with Crippen LogP contribution in [0.25, 0.3) is 49.4 Å². The molecule has 0 N–H and O–H groups in total. The summed E-state index contributed by atoms with van der Waals surface area (Å²) in [4.78, 5) is 2.56. The van der Waals surface area contributed by atoms with Crippen molar-refractivity contribution in [3.05, 3.63) is 276 Å². The average molecular weight is 911 g/mol. The van der Waals surface area contributed by atoms with Gasteiger partial charge in [-0.3, -0.25) is 0 Å². The van der Waals surface area contributed by atoms with E-state index in [0.717, 1.165) is 17.5 Å². The van der Waals surface area contributed by atoms with Crippen molar-refractivity contribution in [3.8, 4) is 16.8 Å². The quantitative estimate of drug-likeness (QED) is 0.155. The number of fused-ring (bicyclic) bond motifs is 6. The van der Waals surface area contributed by atoms with Gasteiger partial charge in [0, 0.05) is 38.6 Å². The zero-order valence-electron chi connectivity index (χ0n) is 39.8. The van der Waals surface area contributed by atoms with Gasteiger partial charge in [0.1, 0.15) is 0 Å². The van der Waals surface area contributed by atoms with Gasteiger partial charge >= 0.3 is 0 Å². The van der Waals surface area contributed by atoms with Crippen LogP contribution in [0.4, 0.5) is 17.1 Å². The molecule has 4 fully saturated rings. The Morgan fingerprint density at radius 2 is 0.859 bits per heavy atom. The molecule has 0 radical (unpaired) electrons. The normalized spacial score (nSPS) is 21.4. The molecule has 2 heteroatoms. The molecule has 0 atom stereocenters. The Balaban J connectivity index is 0.923. The molecule has 16 rings (SSSR count). The standard InChI is InChI=1S/C69H54N2/c1-3-18-51(19-4-1)68(52-20-5-2-6-21-52)61-25-11-12-26-62(61)69(53-41-46-40-47(43-53)44-54(69)42-46)64-45-57(38-39-63(64)68)70(65-29-15-17-50-16-7-8-22-58(50)65)55-34-30-48(31-35-55)49-32-36-56(37-33-49)71-66-27-13-9-23-59(66)60-24-10-14-28-67(60)71/h1-39,45-47,53-54H,40-44H2. The van der Waals surface area contributed by atoms with Crippen LogP contribution in [0.1, 0.15) is 65.5 Å². The van der Waals surface area contributed by atoms with Crippen molar-refractivity contribution >= 4 is 49.6 Å². The molecule has 1 heterocycles. The number of aromatic nitrogens is 1. The molecular formula is C69H54N2. The van der Waals surface area contributed by atoms with Crippen molar-refractivity contribution in [3.63, 3.8) is 0 Å². The fraction of sp³-hybridized carbons (Fsp3) is 0.159. The molecule has 4 bridgehead atoms. The Bertz CT molecular complexity index is 3700. The minimum absolute atomic E-state index is 0.0813. The Hall–Kier alpha value is -7.94. The Morgan fingerprint density at radius 3 is 1.49 bits per heavy atom. The molecule has 0 unspecified atom stereocenters. The monoisotopic (exact) mass is 910 g/mol. The van der Waals surface area contributed by atoms with E-state index in [-0.39, 0.29) is 5.41 Å². The summed E-state index contributed by atoms with van der Waals surface area (Å²) in [6, 6.07) is 92.0. The second-order valence-electron chi connectivity index (χ2n) is 21.2. The van der Waals surface area contributed by atoms with Crippen LogP contribution in [0, 0.1) is 23.7 Å². The van der Waals surface area contributed by atoms with Gasteiger partial charge in [0.25, 0.3) is 0 Å². The summed E-state index contributed by atoms with van der Waals surface area (Å²) in [5.74, 6) is 2.88. The van der Waals surface area contributed by atoms with Crippen LogP contribution in [0.15, 0.2) is 243 Å². The molecule has 0 amide bonds. The maximum atomic E-state index is 2.69. The SMILES string of the molecule is c1ccc(C2(c3ccccc3)c3ccccc3C3(c4cc(N(c5ccc(-c6ccc(-n7c8ccccc8c8ccccc87)cc6)cc5)c5cccc6ccccc56)ccc42)C2CC4CC(C2)CC3C4)cc1. The molecule has 5 aliphatic carbocycles. The Labute approximate surface area is 416 Å². The van der Waals surface area contributed by atoms with Crippen molar-refractivity contribution in [2.75, 3.05) is 4.90 Å². The first kappa shape index (κ1) is 40.9. The number of nitrogens with zero attached hydrogens (tertiary/aromatic N) is 2. The molecule has 340 valence electrons. The summed E-state index contributed by atoms with van der Waals surface area (Å²) < 4.78 is 2.40. The van der Waals surface area contributed by atoms with Crippen molar-refractivity contribution in [1.29, 1.82) is 0 Å². The van der Waals surface area contributed by atoms with Crippen molar-refractivity contribution < 1.29 is 0 Å². The first-order chi connectivity index (χ1) is 35.2. The largest absolute Gasteiger partial charge is 0.310 e. The number of anilines is 3. The van der Waals surface area contributed by atoms with Crippen molar-refractivity contribution in [2.45, 2.75) is 42.9 Å². The highest BCUT2D eigenvalue weighted by molar-refractivity contribution is 6.09. The summed E-state index contributed by atoms with van der Waals surface area (Å²) in [5, 5.41) is 5.05. The molecule has 5 aliphatic rings. The van der Waals surface area contributed by atoms with Gasteiger partial charge in [0.2, 0.25) is 0 Å². The molecule has 0 saturated heterocycles. The molecule has 71 heavy (non-hydrogen) atoms. The smallest absolute Gasteiger partial charge is 0.0707 e. The van der Waals surface area contributed by atoms with Crippen LogP contribution in [-0.4, -0.2) is 4.57 Å². The summed E-state index contributed by atoms with van der Waals surface area (Å²) in [5.41, 5.74) is 17.7. The van der Waals surface area contributed by atoms with E-state index in [0.29, 0.717) is 11.8 Å². The molecule has 2 nitrogen and oxygen atoms in total. The van der Waals surface area contributed by atoms with Crippen LogP contribution in [0.2, 0.25) is 0 Å². The minimum Gasteiger partial charge on any atom is -0.310 e. The topological polar surface area (TPSA) is 8.17 Å². The van der Waals surface area contributed by atoms with Gasteiger partial charge in [-0.15, -0.1) is 0 Å².